The number of carbonyl (C=O) groups is 1. The lowest BCUT2D eigenvalue weighted by molar-refractivity contribution is 0.0113. The van der Waals surface area contributed by atoms with Crippen LogP contribution in [-0.4, -0.2) is 42.3 Å². The fourth-order valence-corrected chi connectivity index (χ4v) is 4.01. The van der Waals surface area contributed by atoms with Gasteiger partial charge >= 0.3 is 6.09 Å². The molecule has 2 heterocycles. The molecule has 0 aromatic rings. The van der Waals surface area contributed by atoms with E-state index < -0.39 is 0 Å². The van der Waals surface area contributed by atoms with Crippen LogP contribution in [0.4, 0.5) is 4.79 Å². The van der Waals surface area contributed by atoms with Crippen LogP contribution in [0.15, 0.2) is 0 Å². The summed E-state index contributed by atoms with van der Waals surface area (Å²) in [6.45, 7) is 5.03. The molecule has 1 atom stereocenters. The van der Waals surface area contributed by atoms with Crippen molar-refractivity contribution in [3.05, 3.63) is 0 Å². The molecule has 1 spiro atoms. The second kappa shape index (κ2) is 5.31. The van der Waals surface area contributed by atoms with Crippen LogP contribution in [0.25, 0.3) is 0 Å². The second-order valence-corrected chi connectivity index (χ2v) is 6.52. The number of rotatable bonds is 2. The Labute approximate surface area is 115 Å². The fraction of sp³-hybridized carbons (Fsp3) is 0.933. The number of carbonyl (C=O) groups excluding carboxylic acids is 1. The highest BCUT2D eigenvalue weighted by Crippen LogP contribution is 2.38. The molecule has 1 aliphatic carbocycles. The highest BCUT2D eigenvalue weighted by Gasteiger charge is 2.51. The third kappa shape index (κ3) is 2.47. The predicted molar refractivity (Wildman–Crippen MR) is 74.1 cm³/mol. The van der Waals surface area contributed by atoms with Crippen molar-refractivity contribution < 1.29 is 9.53 Å². The second-order valence-electron chi connectivity index (χ2n) is 6.52. The summed E-state index contributed by atoms with van der Waals surface area (Å²) in [6, 6.07) is 0.240. The van der Waals surface area contributed by atoms with Gasteiger partial charge in [-0.15, -0.1) is 0 Å². The maximum Gasteiger partial charge on any atom is 0.410 e. The zero-order chi connectivity index (χ0) is 13.3. The van der Waals surface area contributed by atoms with E-state index in [-0.39, 0.29) is 17.7 Å². The van der Waals surface area contributed by atoms with Crippen LogP contribution in [-0.2, 0) is 4.74 Å². The lowest BCUT2D eigenvalue weighted by Crippen LogP contribution is -2.50. The van der Waals surface area contributed by atoms with Crippen LogP contribution in [0.2, 0.25) is 0 Å². The molecule has 0 radical (unpaired) electrons. The van der Waals surface area contributed by atoms with Gasteiger partial charge in [-0.25, -0.2) is 4.79 Å². The van der Waals surface area contributed by atoms with Gasteiger partial charge < -0.3 is 15.0 Å². The summed E-state index contributed by atoms with van der Waals surface area (Å²) in [6.07, 6.45) is 8.44. The van der Waals surface area contributed by atoms with E-state index in [1.165, 1.54) is 32.1 Å². The van der Waals surface area contributed by atoms with Crippen molar-refractivity contribution in [1.82, 2.24) is 10.2 Å². The van der Waals surface area contributed by atoms with Gasteiger partial charge in [-0.1, -0.05) is 19.3 Å². The van der Waals surface area contributed by atoms with Crippen LogP contribution in [0.1, 0.15) is 51.9 Å². The van der Waals surface area contributed by atoms with E-state index in [2.05, 4.69) is 12.2 Å². The Morgan fingerprint density at radius 3 is 2.63 bits per heavy atom. The van der Waals surface area contributed by atoms with E-state index in [0.29, 0.717) is 5.92 Å². The van der Waals surface area contributed by atoms with Gasteiger partial charge in [0.05, 0.1) is 6.04 Å². The number of piperidine rings is 1. The van der Waals surface area contributed by atoms with Crippen molar-refractivity contribution in [2.75, 3.05) is 19.6 Å². The zero-order valence-electron chi connectivity index (χ0n) is 12.0. The molecular formula is C15H26N2O2. The van der Waals surface area contributed by atoms with Crippen LogP contribution >= 0.6 is 0 Å². The van der Waals surface area contributed by atoms with Gasteiger partial charge in [0.25, 0.3) is 0 Å². The molecule has 1 amide bonds. The van der Waals surface area contributed by atoms with Crippen LogP contribution in [0.3, 0.4) is 0 Å². The molecule has 0 aromatic heterocycles. The third-order valence-electron chi connectivity index (χ3n) is 5.38. The average Bonchev–Trinajstić information content (AvgIpc) is 2.66. The van der Waals surface area contributed by atoms with E-state index >= 15 is 0 Å². The summed E-state index contributed by atoms with van der Waals surface area (Å²) < 4.78 is 5.80. The largest absolute Gasteiger partial charge is 0.440 e. The van der Waals surface area contributed by atoms with Gasteiger partial charge in [0.2, 0.25) is 0 Å². The highest BCUT2D eigenvalue weighted by atomic mass is 16.6. The van der Waals surface area contributed by atoms with Crippen molar-refractivity contribution >= 4 is 6.09 Å². The quantitative estimate of drug-likeness (QED) is 0.835. The molecule has 4 heteroatoms. The zero-order valence-corrected chi connectivity index (χ0v) is 12.0. The van der Waals surface area contributed by atoms with E-state index in [9.17, 15) is 4.79 Å². The first-order valence-electron chi connectivity index (χ1n) is 7.92. The molecule has 108 valence electrons. The van der Waals surface area contributed by atoms with Gasteiger partial charge in [-0.05, 0) is 38.8 Å². The van der Waals surface area contributed by atoms with Crippen molar-refractivity contribution in [3.63, 3.8) is 0 Å². The van der Waals surface area contributed by atoms with Crippen LogP contribution < -0.4 is 5.32 Å². The molecule has 3 rings (SSSR count). The molecule has 4 nitrogen and oxygen atoms in total. The Morgan fingerprint density at radius 1 is 1.26 bits per heavy atom. The number of hydrogen-bond acceptors (Lipinski definition) is 3. The molecule has 0 bridgehead atoms. The predicted octanol–water partition coefficient (Wildman–Crippen LogP) is 2.53. The van der Waals surface area contributed by atoms with Gasteiger partial charge in [0.15, 0.2) is 0 Å². The van der Waals surface area contributed by atoms with E-state index in [1.807, 2.05) is 4.90 Å². The van der Waals surface area contributed by atoms with Gasteiger partial charge in [0.1, 0.15) is 5.60 Å². The summed E-state index contributed by atoms with van der Waals surface area (Å²) >= 11 is 0. The standard InChI is InChI=1S/C15H26N2O2/c1-12-15(7-9-16-10-8-15)19-14(18)17(12)11-13-5-3-2-4-6-13/h12-13,16H,2-11H2,1H3. The number of nitrogens with zero attached hydrogens (tertiary/aromatic N) is 1. The minimum Gasteiger partial charge on any atom is -0.440 e. The molecule has 0 aromatic carbocycles. The normalized spacial score (nSPS) is 31.7. The topological polar surface area (TPSA) is 41.6 Å². The smallest absolute Gasteiger partial charge is 0.410 e. The summed E-state index contributed by atoms with van der Waals surface area (Å²) in [7, 11) is 0. The van der Waals surface area contributed by atoms with Crippen molar-refractivity contribution in [1.29, 1.82) is 0 Å². The van der Waals surface area contributed by atoms with Gasteiger partial charge in [-0.3, -0.25) is 0 Å². The fourth-order valence-electron chi connectivity index (χ4n) is 4.01. The van der Waals surface area contributed by atoms with E-state index in [0.717, 1.165) is 32.5 Å². The first-order chi connectivity index (χ1) is 9.21. The molecule has 2 aliphatic heterocycles. The summed E-state index contributed by atoms with van der Waals surface area (Å²) in [5.74, 6) is 0.695. The first-order valence-corrected chi connectivity index (χ1v) is 7.92. The lowest BCUT2D eigenvalue weighted by Gasteiger charge is -2.37. The van der Waals surface area contributed by atoms with Crippen LogP contribution in [0.5, 0.6) is 0 Å². The molecule has 1 saturated carbocycles. The Bertz CT molecular complexity index is 333. The van der Waals surface area contributed by atoms with Crippen molar-refractivity contribution in [2.24, 2.45) is 5.92 Å². The van der Waals surface area contributed by atoms with E-state index in [1.54, 1.807) is 0 Å². The summed E-state index contributed by atoms with van der Waals surface area (Å²) in [4.78, 5) is 14.2. The maximum absolute atomic E-state index is 12.2. The number of ether oxygens (including phenoxy) is 1. The Morgan fingerprint density at radius 2 is 1.95 bits per heavy atom. The molecule has 3 aliphatic rings. The first kappa shape index (κ1) is 13.2. The SMILES string of the molecule is CC1N(CC2CCCCC2)C(=O)OC12CCNCC2. The summed E-state index contributed by atoms with van der Waals surface area (Å²) in [5.41, 5.74) is -0.211. The lowest BCUT2D eigenvalue weighted by atomic mass is 9.84. The highest BCUT2D eigenvalue weighted by molar-refractivity contribution is 5.71. The van der Waals surface area contributed by atoms with Crippen molar-refractivity contribution in [2.45, 2.75) is 63.5 Å². The molecule has 1 N–H and O–H groups in total. The van der Waals surface area contributed by atoms with Crippen molar-refractivity contribution in [3.8, 4) is 0 Å². The molecular weight excluding hydrogens is 240 g/mol. The minimum absolute atomic E-state index is 0.0695. The maximum atomic E-state index is 12.2. The Balaban J connectivity index is 1.66. The average molecular weight is 266 g/mol. The van der Waals surface area contributed by atoms with Gasteiger partial charge in [-0.2, -0.15) is 0 Å². The molecule has 1 unspecified atom stereocenters. The number of amides is 1. The van der Waals surface area contributed by atoms with Gasteiger partial charge in [0, 0.05) is 19.4 Å². The van der Waals surface area contributed by atoms with E-state index in [4.69, 9.17) is 4.74 Å². The number of nitrogens with one attached hydrogen (secondary N) is 1. The monoisotopic (exact) mass is 266 g/mol. The van der Waals surface area contributed by atoms with Crippen LogP contribution in [0, 0.1) is 5.92 Å². The Hall–Kier alpha value is -0.770. The molecule has 2 saturated heterocycles. The summed E-state index contributed by atoms with van der Waals surface area (Å²) in [5, 5.41) is 3.36. The Kier molecular flexibility index (Phi) is 3.70. The number of hydrogen-bond donors (Lipinski definition) is 1. The molecule has 3 fully saturated rings. The third-order valence-corrected chi connectivity index (χ3v) is 5.38. The molecule has 19 heavy (non-hydrogen) atoms. The minimum atomic E-state index is -0.211.